The number of carbonyl (C=O) groups is 2. The number of piperidine rings is 2. The van der Waals surface area contributed by atoms with Crippen molar-refractivity contribution in [2.75, 3.05) is 6.54 Å². The average molecular weight is 279 g/mol. The van der Waals surface area contributed by atoms with E-state index in [4.69, 9.17) is 0 Å². The van der Waals surface area contributed by atoms with Crippen molar-refractivity contribution < 1.29 is 9.59 Å². The monoisotopic (exact) mass is 279 g/mol. The van der Waals surface area contributed by atoms with Gasteiger partial charge in [0, 0.05) is 29.1 Å². The van der Waals surface area contributed by atoms with Gasteiger partial charge in [0.05, 0.1) is 0 Å². The molecule has 3 nitrogen and oxygen atoms in total. The molecule has 3 heteroatoms. The third-order valence-electron chi connectivity index (χ3n) is 5.95. The summed E-state index contributed by atoms with van der Waals surface area (Å²) in [5.74, 6) is 0.646. The molecule has 0 bridgehead atoms. The highest BCUT2D eigenvalue weighted by Crippen LogP contribution is 2.66. The van der Waals surface area contributed by atoms with E-state index in [2.05, 4.69) is 6.07 Å². The molecular weight excluding hydrogens is 262 g/mol. The van der Waals surface area contributed by atoms with Crippen molar-refractivity contribution in [3.8, 4) is 0 Å². The Kier molecular flexibility index (Phi) is 2.04. The van der Waals surface area contributed by atoms with Gasteiger partial charge in [-0.05, 0) is 43.2 Å². The SMILES string of the molecule is O=C1C=C2C(=O)N3CCCCC3C3CC23c2ccccc21. The first-order valence-electron chi connectivity index (χ1n) is 7.90. The van der Waals surface area contributed by atoms with Gasteiger partial charge in [0.15, 0.2) is 5.78 Å². The van der Waals surface area contributed by atoms with Crippen LogP contribution < -0.4 is 0 Å². The van der Waals surface area contributed by atoms with Crippen LogP contribution >= 0.6 is 0 Å². The Morgan fingerprint density at radius 3 is 2.90 bits per heavy atom. The van der Waals surface area contributed by atoms with Gasteiger partial charge in [-0.15, -0.1) is 0 Å². The Morgan fingerprint density at radius 2 is 2.00 bits per heavy atom. The Bertz CT molecular complexity index is 720. The number of allylic oxidation sites excluding steroid dienone is 1. The summed E-state index contributed by atoms with van der Waals surface area (Å²) in [5, 5.41) is 0. The minimum atomic E-state index is -0.139. The zero-order valence-corrected chi connectivity index (χ0v) is 11.8. The molecule has 1 saturated carbocycles. The number of fused-ring (bicyclic) bond motifs is 3. The van der Waals surface area contributed by atoms with Crippen LogP contribution in [-0.2, 0) is 10.2 Å². The molecule has 0 aromatic heterocycles. The largest absolute Gasteiger partial charge is 0.336 e. The Labute approximate surface area is 123 Å². The third kappa shape index (κ3) is 1.26. The van der Waals surface area contributed by atoms with E-state index in [0.717, 1.165) is 42.5 Å². The van der Waals surface area contributed by atoms with Gasteiger partial charge in [0.25, 0.3) is 5.91 Å². The number of carbonyl (C=O) groups excluding carboxylic acids is 2. The summed E-state index contributed by atoms with van der Waals surface area (Å²) in [6, 6.07) is 8.28. The van der Waals surface area contributed by atoms with Crippen molar-refractivity contribution in [2.24, 2.45) is 5.92 Å². The molecule has 0 N–H and O–H groups in total. The number of hydrogen-bond acceptors (Lipinski definition) is 2. The molecule has 2 aliphatic carbocycles. The minimum Gasteiger partial charge on any atom is -0.336 e. The van der Waals surface area contributed by atoms with E-state index in [0.29, 0.717) is 12.0 Å². The van der Waals surface area contributed by atoms with Crippen LogP contribution in [0.1, 0.15) is 41.6 Å². The number of hydrogen-bond donors (Lipinski definition) is 0. The molecule has 1 aromatic rings. The fourth-order valence-electron chi connectivity index (χ4n) is 4.98. The quantitative estimate of drug-likeness (QED) is 0.731. The predicted molar refractivity (Wildman–Crippen MR) is 78.0 cm³/mol. The normalized spacial score (nSPS) is 36.2. The van der Waals surface area contributed by atoms with Crippen LogP contribution in [0.2, 0.25) is 0 Å². The molecule has 1 spiro atoms. The van der Waals surface area contributed by atoms with Crippen LogP contribution in [0.4, 0.5) is 0 Å². The topological polar surface area (TPSA) is 37.4 Å². The highest BCUT2D eigenvalue weighted by atomic mass is 16.2. The summed E-state index contributed by atoms with van der Waals surface area (Å²) in [6.07, 6.45) is 6.12. The van der Waals surface area contributed by atoms with Gasteiger partial charge in [-0.1, -0.05) is 24.3 Å². The summed E-state index contributed by atoms with van der Waals surface area (Å²) in [5.41, 5.74) is 2.55. The molecule has 2 aliphatic heterocycles. The number of amides is 1. The second-order valence-electron chi connectivity index (χ2n) is 6.81. The van der Waals surface area contributed by atoms with Gasteiger partial charge in [-0.3, -0.25) is 9.59 Å². The maximum absolute atomic E-state index is 12.9. The van der Waals surface area contributed by atoms with Crippen LogP contribution in [-0.4, -0.2) is 29.2 Å². The molecule has 4 aliphatic rings. The molecule has 0 radical (unpaired) electrons. The summed E-state index contributed by atoms with van der Waals surface area (Å²) in [6.45, 7) is 0.864. The Morgan fingerprint density at radius 1 is 1.14 bits per heavy atom. The van der Waals surface area contributed by atoms with E-state index in [9.17, 15) is 9.59 Å². The minimum absolute atomic E-state index is 0.000634. The molecule has 3 fully saturated rings. The van der Waals surface area contributed by atoms with Crippen molar-refractivity contribution in [1.82, 2.24) is 4.90 Å². The second-order valence-corrected chi connectivity index (χ2v) is 6.81. The molecule has 3 atom stereocenters. The lowest BCUT2D eigenvalue weighted by Gasteiger charge is -2.44. The molecule has 1 amide bonds. The number of ketones is 1. The smallest absolute Gasteiger partial charge is 0.251 e. The van der Waals surface area contributed by atoms with Crippen molar-refractivity contribution in [3.63, 3.8) is 0 Å². The summed E-state index contributed by atoms with van der Waals surface area (Å²) >= 11 is 0. The van der Waals surface area contributed by atoms with E-state index >= 15 is 0 Å². The predicted octanol–water partition coefficient (Wildman–Crippen LogP) is 2.46. The number of nitrogens with zero attached hydrogens (tertiary/aromatic N) is 1. The van der Waals surface area contributed by atoms with E-state index in [-0.39, 0.29) is 17.1 Å². The summed E-state index contributed by atoms with van der Waals surface area (Å²) in [7, 11) is 0. The Balaban J connectivity index is 1.72. The molecule has 2 saturated heterocycles. The lowest BCUT2D eigenvalue weighted by atomic mass is 9.72. The maximum atomic E-state index is 12.9. The van der Waals surface area contributed by atoms with Crippen molar-refractivity contribution in [2.45, 2.75) is 37.1 Å². The van der Waals surface area contributed by atoms with Gasteiger partial charge in [-0.2, -0.15) is 0 Å². The van der Waals surface area contributed by atoms with Crippen LogP contribution in [0, 0.1) is 5.92 Å². The van der Waals surface area contributed by atoms with Gasteiger partial charge >= 0.3 is 0 Å². The Hall–Kier alpha value is -1.90. The van der Waals surface area contributed by atoms with Gasteiger partial charge in [-0.25, -0.2) is 0 Å². The summed E-state index contributed by atoms with van der Waals surface area (Å²) in [4.78, 5) is 27.3. The lowest BCUT2D eigenvalue weighted by molar-refractivity contribution is -0.133. The molecule has 106 valence electrons. The maximum Gasteiger partial charge on any atom is 0.251 e. The van der Waals surface area contributed by atoms with E-state index in [1.54, 1.807) is 6.08 Å². The van der Waals surface area contributed by atoms with Gasteiger partial charge in [0.2, 0.25) is 0 Å². The second kappa shape index (κ2) is 3.65. The first-order chi connectivity index (χ1) is 10.2. The fraction of sp³-hybridized carbons (Fsp3) is 0.444. The zero-order chi connectivity index (χ0) is 14.2. The molecular formula is C18H17NO2. The van der Waals surface area contributed by atoms with Crippen molar-refractivity contribution in [1.29, 1.82) is 0 Å². The first-order valence-corrected chi connectivity index (χ1v) is 7.90. The molecule has 3 unspecified atom stereocenters. The third-order valence-corrected chi connectivity index (χ3v) is 5.95. The average Bonchev–Trinajstić information content (AvgIpc) is 3.27. The lowest BCUT2D eigenvalue weighted by Crippen LogP contribution is -2.53. The van der Waals surface area contributed by atoms with Crippen molar-refractivity contribution >= 4 is 11.7 Å². The summed E-state index contributed by atoms with van der Waals surface area (Å²) < 4.78 is 0. The van der Waals surface area contributed by atoms with Crippen LogP contribution in [0.3, 0.4) is 0 Å². The van der Waals surface area contributed by atoms with Crippen LogP contribution in [0.5, 0.6) is 0 Å². The number of benzene rings is 1. The highest BCUT2D eigenvalue weighted by Gasteiger charge is 2.68. The molecule has 2 heterocycles. The van der Waals surface area contributed by atoms with Gasteiger partial charge < -0.3 is 4.90 Å². The van der Waals surface area contributed by atoms with Crippen LogP contribution in [0.15, 0.2) is 35.9 Å². The van der Waals surface area contributed by atoms with E-state index in [1.807, 2.05) is 23.1 Å². The van der Waals surface area contributed by atoms with Crippen molar-refractivity contribution in [3.05, 3.63) is 47.0 Å². The zero-order valence-electron chi connectivity index (χ0n) is 11.8. The first kappa shape index (κ1) is 11.7. The van der Waals surface area contributed by atoms with E-state index < -0.39 is 0 Å². The van der Waals surface area contributed by atoms with Crippen LogP contribution in [0.25, 0.3) is 0 Å². The molecule has 1 aromatic carbocycles. The molecule has 21 heavy (non-hydrogen) atoms. The highest BCUT2D eigenvalue weighted by molar-refractivity contribution is 6.15. The number of rotatable bonds is 0. The van der Waals surface area contributed by atoms with Gasteiger partial charge in [0.1, 0.15) is 0 Å². The fourth-order valence-corrected chi connectivity index (χ4v) is 4.98. The molecule has 5 rings (SSSR count). The standard InChI is InChI=1S/C18H17NO2/c20-16-9-13-17(21)19-8-4-3-7-15(19)14-10-18(13,14)12-6-2-1-5-11(12)16/h1-2,5-6,9,14-15H,3-4,7-8,10H2. The van der Waals surface area contributed by atoms with E-state index in [1.165, 1.54) is 6.42 Å².